The number of nitrogens with one attached hydrogen (secondary N) is 1. The SMILES string of the molecule is CNCc1ccc(-c2cc(F)c(C)cc2F)c(F)c1. The van der Waals surface area contributed by atoms with Crippen molar-refractivity contribution in [2.45, 2.75) is 13.5 Å². The van der Waals surface area contributed by atoms with Crippen molar-refractivity contribution in [2.75, 3.05) is 7.05 Å². The molecule has 0 atom stereocenters. The van der Waals surface area contributed by atoms with Crippen molar-refractivity contribution in [1.82, 2.24) is 5.32 Å². The van der Waals surface area contributed by atoms with Crippen LogP contribution in [0.4, 0.5) is 13.2 Å². The molecular weight excluding hydrogens is 251 g/mol. The van der Waals surface area contributed by atoms with E-state index in [1.165, 1.54) is 19.1 Å². The van der Waals surface area contributed by atoms with Gasteiger partial charge in [0.25, 0.3) is 0 Å². The van der Waals surface area contributed by atoms with Crippen molar-refractivity contribution in [1.29, 1.82) is 0 Å². The molecule has 0 aliphatic carbocycles. The maximum absolute atomic E-state index is 14.0. The minimum atomic E-state index is -0.626. The normalized spacial score (nSPS) is 10.8. The van der Waals surface area contributed by atoms with Gasteiger partial charge in [0.1, 0.15) is 17.5 Å². The van der Waals surface area contributed by atoms with Crippen molar-refractivity contribution < 1.29 is 13.2 Å². The topological polar surface area (TPSA) is 12.0 Å². The highest BCUT2D eigenvalue weighted by atomic mass is 19.1. The van der Waals surface area contributed by atoms with Crippen molar-refractivity contribution in [3.8, 4) is 11.1 Å². The van der Waals surface area contributed by atoms with E-state index < -0.39 is 17.5 Å². The molecule has 2 rings (SSSR count). The first-order chi connectivity index (χ1) is 9.02. The molecule has 0 unspecified atom stereocenters. The molecule has 0 heterocycles. The first-order valence-electron chi connectivity index (χ1n) is 5.92. The van der Waals surface area contributed by atoms with Gasteiger partial charge in [0, 0.05) is 17.7 Å². The molecule has 2 aromatic rings. The average Bonchev–Trinajstić information content (AvgIpc) is 2.35. The van der Waals surface area contributed by atoms with Crippen molar-refractivity contribution >= 4 is 0 Å². The largest absolute Gasteiger partial charge is 0.316 e. The molecule has 0 bridgehead atoms. The summed E-state index contributed by atoms with van der Waals surface area (Å²) in [5.41, 5.74) is 0.957. The Hall–Kier alpha value is -1.81. The van der Waals surface area contributed by atoms with E-state index in [0.717, 1.165) is 17.7 Å². The van der Waals surface area contributed by atoms with E-state index in [1.807, 2.05) is 0 Å². The molecule has 0 radical (unpaired) electrons. The van der Waals surface area contributed by atoms with E-state index in [-0.39, 0.29) is 16.7 Å². The number of aryl methyl sites for hydroxylation is 1. The lowest BCUT2D eigenvalue weighted by molar-refractivity contribution is 0.591. The van der Waals surface area contributed by atoms with Crippen molar-refractivity contribution in [3.63, 3.8) is 0 Å². The molecule has 0 aliphatic heterocycles. The molecule has 0 spiro atoms. The standard InChI is InChI=1S/C15H14F3N/c1-9-5-14(17)12(7-13(9)16)11-4-3-10(8-19-2)6-15(11)18/h3-7,19H,8H2,1-2H3. The number of hydrogen-bond acceptors (Lipinski definition) is 1. The molecule has 1 N–H and O–H groups in total. The van der Waals surface area contributed by atoms with Crippen LogP contribution in [0.1, 0.15) is 11.1 Å². The van der Waals surface area contributed by atoms with E-state index in [2.05, 4.69) is 5.32 Å². The second kappa shape index (κ2) is 5.45. The number of benzene rings is 2. The van der Waals surface area contributed by atoms with Gasteiger partial charge in [-0.1, -0.05) is 12.1 Å². The third-order valence-electron chi connectivity index (χ3n) is 2.95. The Morgan fingerprint density at radius 3 is 2.21 bits per heavy atom. The molecule has 0 saturated carbocycles. The average molecular weight is 265 g/mol. The molecule has 19 heavy (non-hydrogen) atoms. The van der Waals surface area contributed by atoms with Crippen molar-refractivity contribution in [2.24, 2.45) is 0 Å². The van der Waals surface area contributed by atoms with Crippen LogP contribution in [0.25, 0.3) is 11.1 Å². The highest BCUT2D eigenvalue weighted by Gasteiger charge is 2.13. The Balaban J connectivity index is 2.50. The molecule has 0 aromatic heterocycles. The third-order valence-corrected chi connectivity index (χ3v) is 2.95. The van der Waals surface area contributed by atoms with Gasteiger partial charge < -0.3 is 5.32 Å². The summed E-state index contributed by atoms with van der Waals surface area (Å²) in [6.07, 6.45) is 0. The Morgan fingerprint density at radius 2 is 1.58 bits per heavy atom. The molecular formula is C15H14F3N. The first-order valence-corrected chi connectivity index (χ1v) is 5.92. The maximum atomic E-state index is 14.0. The molecule has 100 valence electrons. The zero-order valence-corrected chi connectivity index (χ0v) is 10.7. The highest BCUT2D eigenvalue weighted by Crippen LogP contribution is 2.28. The lowest BCUT2D eigenvalue weighted by atomic mass is 10.0. The Kier molecular flexibility index (Phi) is 3.90. The Bertz CT molecular complexity index is 609. The monoisotopic (exact) mass is 265 g/mol. The summed E-state index contributed by atoms with van der Waals surface area (Å²) in [7, 11) is 1.75. The van der Waals surface area contributed by atoms with Crippen LogP contribution in [0, 0.1) is 24.4 Å². The van der Waals surface area contributed by atoms with E-state index in [9.17, 15) is 13.2 Å². The van der Waals surface area contributed by atoms with Crippen LogP contribution in [0.2, 0.25) is 0 Å². The summed E-state index contributed by atoms with van der Waals surface area (Å²) >= 11 is 0. The van der Waals surface area contributed by atoms with E-state index in [4.69, 9.17) is 0 Å². The summed E-state index contributed by atoms with van der Waals surface area (Å²) in [5.74, 6) is -1.73. The quantitative estimate of drug-likeness (QED) is 0.890. The molecule has 0 saturated heterocycles. The van der Waals surface area contributed by atoms with Gasteiger partial charge in [0.05, 0.1) is 0 Å². The van der Waals surface area contributed by atoms with Gasteiger partial charge in [-0.05, 0) is 43.3 Å². The smallest absolute Gasteiger partial charge is 0.131 e. The van der Waals surface area contributed by atoms with Gasteiger partial charge in [0.15, 0.2) is 0 Å². The van der Waals surface area contributed by atoms with Gasteiger partial charge in [-0.2, -0.15) is 0 Å². The Labute approximate surface area is 110 Å². The summed E-state index contributed by atoms with van der Waals surface area (Å²) in [6, 6.07) is 6.58. The molecule has 2 aromatic carbocycles. The van der Waals surface area contributed by atoms with Gasteiger partial charge in [-0.15, -0.1) is 0 Å². The molecule has 0 amide bonds. The second-order valence-electron chi connectivity index (χ2n) is 4.43. The fourth-order valence-electron chi connectivity index (χ4n) is 1.94. The number of hydrogen-bond donors (Lipinski definition) is 1. The maximum Gasteiger partial charge on any atom is 0.131 e. The van der Waals surface area contributed by atoms with Crippen LogP contribution in [0.15, 0.2) is 30.3 Å². The molecule has 4 heteroatoms. The van der Waals surface area contributed by atoms with E-state index in [1.54, 1.807) is 13.1 Å². The van der Waals surface area contributed by atoms with Gasteiger partial charge in [0.2, 0.25) is 0 Å². The predicted molar refractivity (Wildman–Crippen MR) is 69.3 cm³/mol. The second-order valence-corrected chi connectivity index (χ2v) is 4.43. The summed E-state index contributed by atoms with van der Waals surface area (Å²) < 4.78 is 41.2. The molecule has 0 fully saturated rings. The predicted octanol–water partition coefficient (Wildman–Crippen LogP) is 3.80. The number of halogens is 3. The third kappa shape index (κ3) is 2.79. The van der Waals surface area contributed by atoms with Gasteiger partial charge in [-0.25, -0.2) is 13.2 Å². The minimum absolute atomic E-state index is 0.0587. The minimum Gasteiger partial charge on any atom is -0.316 e. The molecule has 0 aliphatic rings. The van der Waals surface area contributed by atoms with E-state index in [0.29, 0.717) is 6.54 Å². The van der Waals surface area contributed by atoms with Gasteiger partial charge in [-0.3, -0.25) is 0 Å². The lowest BCUT2D eigenvalue weighted by Crippen LogP contribution is -2.05. The van der Waals surface area contributed by atoms with Gasteiger partial charge >= 0.3 is 0 Å². The zero-order chi connectivity index (χ0) is 14.0. The van der Waals surface area contributed by atoms with Crippen LogP contribution in [-0.4, -0.2) is 7.05 Å². The van der Waals surface area contributed by atoms with Crippen molar-refractivity contribution in [3.05, 3.63) is 58.9 Å². The van der Waals surface area contributed by atoms with Crippen LogP contribution in [0.5, 0.6) is 0 Å². The highest BCUT2D eigenvalue weighted by molar-refractivity contribution is 5.65. The summed E-state index contributed by atoms with van der Waals surface area (Å²) in [5, 5.41) is 2.90. The lowest BCUT2D eigenvalue weighted by Gasteiger charge is -2.09. The Morgan fingerprint density at radius 1 is 0.895 bits per heavy atom. The zero-order valence-electron chi connectivity index (χ0n) is 10.7. The first kappa shape index (κ1) is 13.6. The van der Waals surface area contributed by atoms with Crippen LogP contribution >= 0.6 is 0 Å². The summed E-state index contributed by atoms with van der Waals surface area (Å²) in [6.45, 7) is 1.98. The van der Waals surface area contributed by atoms with Crippen LogP contribution in [0.3, 0.4) is 0 Å². The fraction of sp³-hybridized carbons (Fsp3) is 0.200. The number of rotatable bonds is 3. The fourth-order valence-corrected chi connectivity index (χ4v) is 1.94. The summed E-state index contributed by atoms with van der Waals surface area (Å²) in [4.78, 5) is 0. The van der Waals surface area contributed by atoms with E-state index >= 15 is 0 Å². The van der Waals surface area contributed by atoms with Crippen LogP contribution < -0.4 is 5.32 Å². The molecule has 1 nitrogen and oxygen atoms in total. The van der Waals surface area contributed by atoms with Crippen LogP contribution in [-0.2, 0) is 6.54 Å².